The van der Waals surface area contributed by atoms with Gasteiger partial charge in [-0.05, 0) is 43.6 Å². The van der Waals surface area contributed by atoms with Crippen LogP contribution in [0.15, 0.2) is 12.2 Å². The van der Waals surface area contributed by atoms with Gasteiger partial charge < -0.3 is 4.43 Å². The molecule has 2 heteroatoms. The van der Waals surface area contributed by atoms with Crippen LogP contribution in [0.25, 0.3) is 0 Å². The quantitative estimate of drug-likeness (QED) is 0.353. The van der Waals surface area contributed by atoms with Crippen LogP contribution in [0.2, 0.25) is 18.1 Å². The third-order valence-corrected chi connectivity index (χ3v) is 8.32. The molecule has 0 bridgehead atoms. The zero-order chi connectivity index (χ0) is 14.9. The first-order valence-corrected chi connectivity index (χ1v) is 10.4. The van der Waals surface area contributed by atoms with Gasteiger partial charge in [0.15, 0.2) is 8.32 Å². The third-order valence-electron chi connectivity index (χ3n) is 3.74. The Kier molecular flexibility index (Phi) is 8.37. The molecule has 0 aromatic heterocycles. The van der Waals surface area contributed by atoms with Gasteiger partial charge in [0, 0.05) is 6.42 Å². The van der Waals surface area contributed by atoms with Crippen molar-refractivity contribution < 1.29 is 4.43 Å². The fourth-order valence-corrected chi connectivity index (χ4v) is 2.82. The molecule has 0 aromatic rings. The van der Waals surface area contributed by atoms with E-state index < -0.39 is 8.32 Å². The summed E-state index contributed by atoms with van der Waals surface area (Å²) in [6.45, 7) is 15.7. The van der Waals surface area contributed by atoms with E-state index in [1.807, 2.05) is 6.08 Å². The molecule has 0 aliphatic rings. The van der Waals surface area contributed by atoms with Crippen LogP contribution < -0.4 is 0 Å². The lowest BCUT2D eigenvalue weighted by Crippen LogP contribution is -2.42. The zero-order valence-electron chi connectivity index (χ0n) is 14.0. The molecule has 110 valence electrons. The molecular weight excluding hydrogens is 248 g/mol. The summed E-state index contributed by atoms with van der Waals surface area (Å²) in [7, 11) is -1.65. The van der Waals surface area contributed by atoms with E-state index in [-0.39, 0.29) is 11.1 Å². The predicted octanol–water partition coefficient (Wildman–Crippen LogP) is 5.54. The van der Waals surface area contributed by atoms with Crippen molar-refractivity contribution in [1.82, 2.24) is 0 Å². The summed E-state index contributed by atoms with van der Waals surface area (Å²) in [5, 5.41) is 0.265. The lowest BCUT2D eigenvalue weighted by molar-refractivity contribution is 0.243. The van der Waals surface area contributed by atoms with E-state index in [1.165, 1.54) is 19.3 Å². The molecule has 0 spiro atoms. The second-order valence-electron chi connectivity index (χ2n) is 6.72. The third kappa shape index (κ3) is 8.29. The minimum atomic E-state index is -1.65. The van der Waals surface area contributed by atoms with Crippen LogP contribution >= 0.6 is 0 Å². The minimum absolute atomic E-state index is 0.158. The molecule has 19 heavy (non-hydrogen) atoms. The first kappa shape index (κ1) is 18.5. The second kappa shape index (κ2) is 8.61. The molecule has 0 radical (unpaired) electrons. The van der Waals surface area contributed by atoms with Gasteiger partial charge in [0.25, 0.3) is 0 Å². The molecule has 0 N–H and O–H groups in total. The fourth-order valence-electron chi connectivity index (χ4n) is 1.46. The Bertz CT molecular complexity index is 325. The van der Waals surface area contributed by atoms with Crippen molar-refractivity contribution in [2.45, 2.75) is 84.5 Å². The molecule has 1 unspecified atom stereocenters. The van der Waals surface area contributed by atoms with E-state index in [0.29, 0.717) is 0 Å². The normalized spacial score (nSPS) is 14.3. The molecule has 0 saturated carbocycles. The fraction of sp³-hybridized carbons (Fsp3) is 0.765. The number of hydrogen-bond acceptors (Lipinski definition) is 1. The molecule has 0 rings (SSSR count). The molecule has 1 atom stereocenters. The van der Waals surface area contributed by atoms with Crippen LogP contribution in [0.1, 0.15) is 60.3 Å². The molecule has 0 aromatic carbocycles. The monoisotopic (exact) mass is 280 g/mol. The summed E-state index contributed by atoms with van der Waals surface area (Å²) in [4.78, 5) is 0. The Hall–Kier alpha value is -0.523. The Morgan fingerprint density at radius 2 is 1.84 bits per heavy atom. The average Bonchev–Trinajstić information content (AvgIpc) is 2.25. The molecular formula is C17H32OSi. The van der Waals surface area contributed by atoms with Gasteiger partial charge in [-0.25, -0.2) is 0 Å². The van der Waals surface area contributed by atoms with Gasteiger partial charge in [0.2, 0.25) is 0 Å². The van der Waals surface area contributed by atoms with E-state index in [2.05, 4.69) is 65.6 Å². The van der Waals surface area contributed by atoms with E-state index >= 15 is 0 Å². The molecule has 0 fully saturated rings. The van der Waals surface area contributed by atoms with E-state index in [1.54, 1.807) is 0 Å². The highest BCUT2D eigenvalue weighted by atomic mass is 28.4. The predicted molar refractivity (Wildman–Crippen MR) is 88.8 cm³/mol. The minimum Gasteiger partial charge on any atom is -0.411 e. The standard InChI is InChI=1S/C17H32OSi/c1-8-9-10-11-12-13-14-15-16(2)18-19(6,7)17(3,4)5/h14-16H,8-11H2,1-7H3/b15-14+. The Morgan fingerprint density at radius 1 is 1.21 bits per heavy atom. The number of hydrogen-bond donors (Lipinski definition) is 0. The molecule has 1 nitrogen and oxygen atoms in total. The van der Waals surface area contributed by atoms with E-state index in [0.717, 1.165) is 6.42 Å². The van der Waals surface area contributed by atoms with Crippen molar-refractivity contribution in [3.05, 3.63) is 12.2 Å². The van der Waals surface area contributed by atoms with Crippen molar-refractivity contribution in [2.24, 2.45) is 0 Å². The van der Waals surface area contributed by atoms with Crippen LogP contribution in [0, 0.1) is 11.8 Å². The first-order chi connectivity index (χ1) is 8.70. The number of allylic oxidation sites excluding steroid dienone is 1. The van der Waals surface area contributed by atoms with Crippen molar-refractivity contribution in [1.29, 1.82) is 0 Å². The van der Waals surface area contributed by atoms with Gasteiger partial charge in [-0.2, -0.15) is 0 Å². The van der Waals surface area contributed by atoms with Crippen LogP contribution in [-0.2, 0) is 4.43 Å². The maximum absolute atomic E-state index is 6.23. The van der Waals surface area contributed by atoms with Gasteiger partial charge in [-0.1, -0.05) is 52.4 Å². The SMILES string of the molecule is CCCCCC#C/C=C/C(C)O[Si](C)(C)C(C)(C)C. The molecule has 0 heterocycles. The Morgan fingerprint density at radius 3 is 2.37 bits per heavy atom. The van der Waals surface area contributed by atoms with Gasteiger partial charge in [-0.3, -0.25) is 0 Å². The molecule has 0 amide bonds. The van der Waals surface area contributed by atoms with Gasteiger partial charge >= 0.3 is 0 Å². The molecule has 0 aliphatic carbocycles. The smallest absolute Gasteiger partial charge is 0.192 e. The van der Waals surface area contributed by atoms with Crippen LogP contribution in [0.3, 0.4) is 0 Å². The van der Waals surface area contributed by atoms with Crippen LogP contribution in [0.5, 0.6) is 0 Å². The average molecular weight is 281 g/mol. The lowest BCUT2D eigenvalue weighted by Gasteiger charge is -2.37. The summed E-state index contributed by atoms with van der Waals surface area (Å²) in [6.07, 6.45) is 8.95. The van der Waals surface area contributed by atoms with Crippen molar-refractivity contribution in [3.8, 4) is 11.8 Å². The highest BCUT2D eigenvalue weighted by Crippen LogP contribution is 2.37. The van der Waals surface area contributed by atoms with Gasteiger partial charge in [-0.15, -0.1) is 0 Å². The summed E-state index contributed by atoms with van der Waals surface area (Å²) in [5.74, 6) is 6.29. The van der Waals surface area contributed by atoms with Crippen molar-refractivity contribution >= 4 is 8.32 Å². The summed E-state index contributed by atoms with van der Waals surface area (Å²) >= 11 is 0. The zero-order valence-corrected chi connectivity index (χ0v) is 15.0. The van der Waals surface area contributed by atoms with E-state index in [4.69, 9.17) is 4.43 Å². The van der Waals surface area contributed by atoms with Gasteiger partial charge in [0.05, 0.1) is 6.10 Å². The molecule has 0 saturated heterocycles. The summed E-state index contributed by atoms with van der Waals surface area (Å²) in [6, 6.07) is 0. The van der Waals surface area contributed by atoms with Crippen molar-refractivity contribution in [3.63, 3.8) is 0 Å². The Balaban J connectivity index is 4.14. The highest BCUT2D eigenvalue weighted by molar-refractivity contribution is 6.74. The maximum Gasteiger partial charge on any atom is 0.192 e. The van der Waals surface area contributed by atoms with E-state index in [9.17, 15) is 0 Å². The van der Waals surface area contributed by atoms with Crippen molar-refractivity contribution in [2.75, 3.05) is 0 Å². The number of rotatable bonds is 6. The second-order valence-corrected chi connectivity index (χ2v) is 11.5. The topological polar surface area (TPSA) is 9.23 Å². The maximum atomic E-state index is 6.23. The summed E-state index contributed by atoms with van der Waals surface area (Å²) in [5.41, 5.74) is 0. The molecule has 0 aliphatic heterocycles. The summed E-state index contributed by atoms with van der Waals surface area (Å²) < 4.78 is 6.23. The highest BCUT2D eigenvalue weighted by Gasteiger charge is 2.37. The van der Waals surface area contributed by atoms with Crippen LogP contribution in [0.4, 0.5) is 0 Å². The largest absolute Gasteiger partial charge is 0.411 e. The Labute approximate surface area is 122 Å². The number of unbranched alkanes of at least 4 members (excludes halogenated alkanes) is 3. The van der Waals surface area contributed by atoms with Crippen LogP contribution in [-0.4, -0.2) is 14.4 Å². The first-order valence-electron chi connectivity index (χ1n) is 7.53. The lowest BCUT2D eigenvalue weighted by atomic mass is 10.2. The van der Waals surface area contributed by atoms with Gasteiger partial charge in [0.1, 0.15) is 0 Å².